The van der Waals surface area contributed by atoms with Crippen LogP contribution in [0.2, 0.25) is 0 Å². The Morgan fingerprint density at radius 1 is 1.35 bits per heavy atom. The number of hydrogen-bond acceptors (Lipinski definition) is 5. The first kappa shape index (κ1) is 14.6. The molecule has 2 rings (SSSR count). The predicted molar refractivity (Wildman–Crippen MR) is 79.1 cm³/mol. The first-order valence-corrected chi connectivity index (χ1v) is 6.98. The van der Waals surface area contributed by atoms with Crippen LogP contribution in [0.4, 0.5) is 17.1 Å². The number of para-hydroxylation sites is 1. The van der Waals surface area contributed by atoms with Gasteiger partial charge in [0.25, 0.3) is 0 Å². The molecule has 0 spiro atoms. The quantitative estimate of drug-likeness (QED) is 0.503. The highest BCUT2D eigenvalue weighted by molar-refractivity contribution is 5.76. The monoisotopic (exact) mass is 279 g/mol. The maximum Gasteiger partial charge on any atom is 0.315 e. The van der Waals surface area contributed by atoms with Gasteiger partial charge < -0.3 is 15.7 Å². The number of nitro benzene ring substituents is 1. The molecule has 0 aliphatic heterocycles. The van der Waals surface area contributed by atoms with Gasteiger partial charge in [0.2, 0.25) is 0 Å². The molecular weight excluding hydrogens is 258 g/mol. The van der Waals surface area contributed by atoms with Crippen LogP contribution in [-0.2, 0) is 0 Å². The van der Waals surface area contributed by atoms with Crippen LogP contribution >= 0.6 is 0 Å². The van der Waals surface area contributed by atoms with Crippen molar-refractivity contribution in [3.05, 3.63) is 28.3 Å². The van der Waals surface area contributed by atoms with Crippen molar-refractivity contribution in [2.24, 2.45) is 5.41 Å². The maximum atomic E-state index is 11.3. The average Bonchev–Trinajstić information content (AvgIpc) is 3.17. The highest BCUT2D eigenvalue weighted by Gasteiger charge is 2.41. The number of aliphatic hydroxyl groups is 1. The smallest absolute Gasteiger partial charge is 0.315 e. The van der Waals surface area contributed by atoms with Gasteiger partial charge in [-0.25, -0.2) is 0 Å². The molecule has 0 radical (unpaired) electrons. The van der Waals surface area contributed by atoms with Gasteiger partial charge in [0.15, 0.2) is 0 Å². The van der Waals surface area contributed by atoms with Gasteiger partial charge in [0.1, 0.15) is 11.4 Å². The first-order chi connectivity index (χ1) is 9.62. The minimum Gasteiger partial charge on any atom is -0.396 e. The molecule has 0 saturated heterocycles. The van der Waals surface area contributed by atoms with Crippen molar-refractivity contribution >= 4 is 17.1 Å². The van der Waals surface area contributed by atoms with Crippen molar-refractivity contribution in [3.63, 3.8) is 0 Å². The van der Waals surface area contributed by atoms with E-state index >= 15 is 0 Å². The van der Waals surface area contributed by atoms with E-state index in [0.717, 1.165) is 19.3 Å². The fourth-order valence-corrected chi connectivity index (χ4v) is 2.43. The van der Waals surface area contributed by atoms with Crippen molar-refractivity contribution in [2.75, 3.05) is 30.3 Å². The van der Waals surface area contributed by atoms with Crippen LogP contribution in [0.15, 0.2) is 18.2 Å². The zero-order chi connectivity index (χ0) is 14.6. The number of nitrogens with one attached hydrogen (secondary N) is 2. The molecule has 110 valence electrons. The molecule has 0 aromatic heterocycles. The van der Waals surface area contributed by atoms with Gasteiger partial charge in [-0.2, -0.15) is 0 Å². The lowest BCUT2D eigenvalue weighted by atomic mass is 10.0. The Bertz CT molecular complexity index is 487. The highest BCUT2D eigenvalue weighted by atomic mass is 16.6. The molecular formula is C14H21N3O3. The fraction of sp³-hybridized carbons (Fsp3) is 0.571. The van der Waals surface area contributed by atoms with Crippen LogP contribution in [0.5, 0.6) is 0 Å². The van der Waals surface area contributed by atoms with E-state index in [0.29, 0.717) is 24.5 Å². The largest absolute Gasteiger partial charge is 0.396 e. The number of nitrogens with zero attached hydrogens (tertiary/aromatic N) is 1. The van der Waals surface area contributed by atoms with E-state index in [1.165, 1.54) is 0 Å². The van der Waals surface area contributed by atoms with E-state index < -0.39 is 0 Å². The Labute approximate surface area is 118 Å². The van der Waals surface area contributed by atoms with Crippen LogP contribution < -0.4 is 10.6 Å². The SMILES string of the molecule is CCNc1cccc(NCC2(CCO)CC2)c1[N+](=O)[O-]. The van der Waals surface area contributed by atoms with Gasteiger partial charge in [0.05, 0.1) is 4.92 Å². The van der Waals surface area contributed by atoms with Crippen LogP contribution in [0, 0.1) is 15.5 Å². The second-order valence-electron chi connectivity index (χ2n) is 5.32. The number of hydrogen-bond donors (Lipinski definition) is 3. The van der Waals surface area contributed by atoms with Crippen LogP contribution in [0.25, 0.3) is 0 Å². The molecule has 1 aliphatic carbocycles. The molecule has 1 aromatic carbocycles. The molecule has 1 fully saturated rings. The minimum absolute atomic E-state index is 0.0918. The van der Waals surface area contributed by atoms with Gasteiger partial charge in [-0.1, -0.05) is 6.07 Å². The highest BCUT2D eigenvalue weighted by Crippen LogP contribution is 2.49. The summed E-state index contributed by atoms with van der Waals surface area (Å²) in [5.41, 5.74) is 1.29. The van der Waals surface area contributed by atoms with E-state index in [9.17, 15) is 10.1 Å². The zero-order valence-electron chi connectivity index (χ0n) is 11.7. The topological polar surface area (TPSA) is 87.4 Å². The van der Waals surface area contributed by atoms with Crippen molar-refractivity contribution < 1.29 is 10.0 Å². The zero-order valence-corrected chi connectivity index (χ0v) is 11.7. The Morgan fingerprint density at radius 3 is 2.50 bits per heavy atom. The van der Waals surface area contributed by atoms with Crippen LogP contribution in [0.3, 0.4) is 0 Å². The van der Waals surface area contributed by atoms with Crippen LogP contribution in [0.1, 0.15) is 26.2 Å². The number of anilines is 2. The van der Waals surface area contributed by atoms with E-state index in [1.54, 1.807) is 18.2 Å². The molecule has 0 atom stereocenters. The third kappa shape index (κ3) is 3.19. The summed E-state index contributed by atoms with van der Waals surface area (Å²) < 4.78 is 0. The normalized spacial score (nSPS) is 15.7. The maximum absolute atomic E-state index is 11.3. The van der Waals surface area contributed by atoms with Gasteiger partial charge in [-0.05, 0) is 43.7 Å². The molecule has 3 N–H and O–H groups in total. The lowest BCUT2D eigenvalue weighted by Crippen LogP contribution is -2.17. The Morgan fingerprint density at radius 2 is 2.00 bits per heavy atom. The molecule has 20 heavy (non-hydrogen) atoms. The average molecular weight is 279 g/mol. The number of nitro groups is 1. The fourth-order valence-electron chi connectivity index (χ4n) is 2.43. The lowest BCUT2D eigenvalue weighted by molar-refractivity contribution is -0.383. The molecule has 1 saturated carbocycles. The minimum atomic E-state index is -0.355. The van der Waals surface area contributed by atoms with Crippen molar-refractivity contribution in [2.45, 2.75) is 26.2 Å². The van der Waals surface area contributed by atoms with Gasteiger partial charge >= 0.3 is 5.69 Å². The van der Waals surface area contributed by atoms with E-state index in [1.807, 2.05) is 6.92 Å². The molecule has 0 bridgehead atoms. The van der Waals surface area contributed by atoms with E-state index in [2.05, 4.69) is 10.6 Å². The second-order valence-corrected chi connectivity index (χ2v) is 5.32. The molecule has 6 heteroatoms. The van der Waals surface area contributed by atoms with Crippen molar-refractivity contribution in [1.82, 2.24) is 0 Å². The van der Waals surface area contributed by atoms with Gasteiger partial charge in [0, 0.05) is 19.7 Å². The summed E-state index contributed by atoms with van der Waals surface area (Å²) in [7, 11) is 0. The molecule has 1 aliphatic rings. The standard InChI is InChI=1S/C14H21N3O3/c1-2-15-11-4-3-5-12(13(11)17(19)20)16-10-14(6-7-14)8-9-18/h3-5,15-16,18H,2,6-10H2,1H3. The summed E-state index contributed by atoms with van der Waals surface area (Å²) in [5.74, 6) is 0. The summed E-state index contributed by atoms with van der Waals surface area (Å²) >= 11 is 0. The molecule has 6 nitrogen and oxygen atoms in total. The number of rotatable bonds is 8. The molecule has 0 heterocycles. The predicted octanol–water partition coefficient (Wildman–Crippen LogP) is 2.60. The van der Waals surface area contributed by atoms with Gasteiger partial charge in [-0.15, -0.1) is 0 Å². The number of benzene rings is 1. The summed E-state index contributed by atoms with van der Waals surface area (Å²) in [4.78, 5) is 10.9. The Hall–Kier alpha value is -1.82. The Balaban J connectivity index is 2.14. The summed E-state index contributed by atoms with van der Waals surface area (Å²) in [6.45, 7) is 3.38. The third-order valence-electron chi connectivity index (χ3n) is 3.84. The van der Waals surface area contributed by atoms with E-state index in [-0.39, 0.29) is 22.6 Å². The Kier molecular flexibility index (Phi) is 4.44. The van der Waals surface area contributed by atoms with Gasteiger partial charge in [-0.3, -0.25) is 10.1 Å². The summed E-state index contributed by atoms with van der Waals surface area (Å²) in [6.07, 6.45) is 2.89. The molecule has 1 aromatic rings. The number of aliphatic hydroxyl groups excluding tert-OH is 1. The summed E-state index contributed by atoms with van der Waals surface area (Å²) in [6, 6.07) is 5.25. The lowest BCUT2D eigenvalue weighted by Gasteiger charge is -2.16. The van der Waals surface area contributed by atoms with E-state index in [4.69, 9.17) is 5.11 Å². The second kappa shape index (κ2) is 6.09. The summed E-state index contributed by atoms with van der Waals surface area (Å²) in [5, 5.41) is 26.5. The molecule has 0 amide bonds. The van der Waals surface area contributed by atoms with Crippen molar-refractivity contribution in [1.29, 1.82) is 0 Å². The first-order valence-electron chi connectivity index (χ1n) is 6.98. The van der Waals surface area contributed by atoms with Crippen LogP contribution in [-0.4, -0.2) is 29.7 Å². The molecule has 0 unspecified atom stereocenters. The third-order valence-corrected chi connectivity index (χ3v) is 3.84. The van der Waals surface area contributed by atoms with Crippen molar-refractivity contribution in [3.8, 4) is 0 Å².